The van der Waals surface area contributed by atoms with Crippen LogP contribution in [-0.4, -0.2) is 17.8 Å². The number of sulfonamides is 1. The van der Waals surface area contributed by atoms with Gasteiger partial charge in [-0.25, -0.2) is 13.4 Å². The van der Waals surface area contributed by atoms with Crippen molar-refractivity contribution in [1.29, 1.82) is 0 Å². The van der Waals surface area contributed by atoms with E-state index in [-0.39, 0.29) is 5.75 Å². The zero-order chi connectivity index (χ0) is 19.7. The predicted octanol–water partition coefficient (Wildman–Crippen LogP) is 4.91. The number of nitrogens with one attached hydrogen (secondary N) is 1. The van der Waals surface area contributed by atoms with Crippen LogP contribution in [0.15, 0.2) is 73.1 Å². The van der Waals surface area contributed by atoms with Gasteiger partial charge in [-0.05, 0) is 48.4 Å². The highest BCUT2D eigenvalue weighted by Crippen LogP contribution is 2.23. The number of halogens is 1. The Morgan fingerprint density at radius 3 is 2.43 bits per heavy atom. The van der Waals surface area contributed by atoms with Gasteiger partial charge in [0.05, 0.1) is 11.4 Å². The molecule has 28 heavy (non-hydrogen) atoms. The molecule has 4 rings (SSSR count). The molecule has 0 bridgehead atoms. The third kappa shape index (κ3) is 4.03. The molecule has 4 aromatic rings. The van der Waals surface area contributed by atoms with Crippen LogP contribution in [0.3, 0.4) is 0 Å². The van der Waals surface area contributed by atoms with Crippen LogP contribution in [0, 0.1) is 6.92 Å². The molecule has 7 heteroatoms. The lowest BCUT2D eigenvalue weighted by Gasteiger charge is -2.09. The number of hydrogen-bond donors (Lipinski definition) is 1. The lowest BCUT2D eigenvalue weighted by Crippen LogP contribution is -2.14. The molecular formula is C21H18ClN3O2S. The van der Waals surface area contributed by atoms with Crippen LogP contribution in [0.5, 0.6) is 0 Å². The predicted molar refractivity (Wildman–Crippen MR) is 113 cm³/mol. The molecule has 142 valence electrons. The van der Waals surface area contributed by atoms with Gasteiger partial charge < -0.3 is 4.40 Å². The number of nitrogens with zero attached hydrogens (tertiary/aromatic N) is 2. The van der Waals surface area contributed by atoms with Crippen LogP contribution in [0.1, 0.15) is 11.1 Å². The molecule has 1 N–H and O–H groups in total. The number of imidazole rings is 1. The first kappa shape index (κ1) is 18.5. The number of benzene rings is 2. The summed E-state index contributed by atoms with van der Waals surface area (Å²) in [6.45, 7) is 2.02. The summed E-state index contributed by atoms with van der Waals surface area (Å²) in [4.78, 5) is 4.66. The van der Waals surface area contributed by atoms with E-state index in [1.807, 2.05) is 48.0 Å². The highest BCUT2D eigenvalue weighted by atomic mass is 35.5. The summed E-state index contributed by atoms with van der Waals surface area (Å²) in [5, 5.41) is 0.576. The normalized spacial score (nSPS) is 11.6. The Kier molecular flexibility index (Phi) is 4.83. The van der Waals surface area contributed by atoms with Crippen LogP contribution >= 0.6 is 11.6 Å². The van der Waals surface area contributed by atoms with E-state index in [0.717, 1.165) is 22.5 Å². The van der Waals surface area contributed by atoms with Gasteiger partial charge in [-0.1, -0.05) is 41.9 Å². The Bertz CT molecular complexity index is 1230. The van der Waals surface area contributed by atoms with E-state index in [1.54, 1.807) is 36.4 Å². The van der Waals surface area contributed by atoms with E-state index in [1.165, 1.54) is 0 Å². The van der Waals surface area contributed by atoms with Crippen LogP contribution in [0.4, 0.5) is 5.69 Å². The average Bonchev–Trinajstić information content (AvgIpc) is 3.09. The van der Waals surface area contributed by atoms with Crippen molar-refractivity contribution in [2.24, 2.45) is 0 Å². The van der Waals surface area contributed by atoms with Gasteiger partial charge in [-0.2, -0.15) is 0 Å². The van der Waals surface area contributed by atoms with Crippen LogP contribution < -0.4 is 4.72 Å². The van der Waals surface area contributed by atoms with Crippen molar-refractivity contribution in [1.82, 2.24) is 9.38 Å². The van der Waals surface area contributed by atoms with Gasteiger partial charge in [0.1, 0.15) is 5.65 Å². The van der Waals surface area contributed by atoms with Crippen molar-refractivity contribution in [2.45, 2.75) is 12.7 Å². The molecule has 0 unspecified atom stereocenters. The molecule has 0 aliphatic carbocycles. The minimum Gasteiger partial charge on any atom is -0.306 e. The van der Waals surface area contributed by atoms with E-state index in [9.17, 15) is 8.42 Å². The quantitative estimate of drug-likeness (QED) is 0.507. The number of rotatable bonds is 5. The van der Waals surface area contributed by atoms with Crippen LogP contribution in [0.25, 0.3) is 16.9 Å². The molecule has 0 fully saturated rings. The van der Waals surface area contributed by atoms with Crippen molar-refractivity contribution in [3.8, 4) is 11.3 Å². The summed E-state index contributed by atoms with van der Waals surface area (Å²) in [5.74, 6) is -0.113. The van der Waals surface area contributed by atoms with Crippen molar-refractivity contribution >= 4 is 33.0 Å². The molecule has 0 saturated heterocycles. The molecule has 0 radical (unpaired) electrons. The van der Waals surface area contributed by atoms with Crippen molar-refractivity contribution < 1.29 is 8.42 Å². The Labute approximate surface area is 168 Å². The van der Waals surface area contributed by atoms with E-state index in [0.29, 0.717) is 16.3 Å². The first-order valence-corrected chi connectivity index (χ1v) is 10.7. The monoisotopic (exact) mass is 411 g/mol. The maximum absolute atomic E-state index is 12.4. The molecule has 2 aromatic carbocycles. The van der Waals surface area contributed by atoms with Gasteiger partial charge in [0.2, 0.25) is 10.0 Å². The first-order valence-electron chi connectivity index (χ1n) is 8.69. The highest BCUT2D eigenvalue weighted by molar-refractivity contribution is 7.91. The third-order valence-electron chi connectivity index (χ3n) is 4.40. The van der Waals surface area contributed by atoms with Gasteiger partial charge in [0.15, 0.2) is 0 Å². The van der Waals surface area contributed by atoms with E-state index in [4.69, 9.17) is 11.6 Å². The molecule has 0 spiro atoms. The molecule has 0 aliphatic rings. The first-order chi connectivity index (χ1) is 13.4. The Morgan fingerprint density at radius 1 is 1.04 bits per heavy atom. The summed E-state index contributed by atoms with van der Waals surface area (Å²) >= 11 is 5.84. The number of fused-ring (bicyclic) bond motifs is 1. The zero-order valence-corrected chi connectivity index (χ0v) is 16.7. The Balaban J connectivity index is 1.52. The molecule has 2 heterocycles. The largest absolute Gasteiger partial charge is 0.306 e. The summed E-state index contributed by atoms with van der Waals surface area (Å²) in [5.41, 5.74) is 4.95. The second-order valence-electron chi connectivity index (χ2n) is 6.61. The second kappa shape index (κ2) is 7.30. The molecular weight excluding hydrogens is 394 g/mol. The highest BCUT2D eigenvalue weighted by Gasteiger charge is 2.12. The zero-order valence-electron chi connectivity index (χ0n) is 15.1. The van der Waals surface area contributed by atoms with Gasteiger partial charge in [0.25, 0.3) is 0 Å². The third-order valence-corrected chi connectivity index (χ3v) is 5.91. The maximum Gasteiger partial charge on any atom is 0.236 e. The minimum atomic E-state index is -3.52. The number of aromatic nitrogens is 2. The fourth-order valence-corrected chi connectivity index (χ4v) is 4.34. The lowest BCUT2D eigenvalue weighted by atomic mass is 10.1. The van der Waals surface area contributed by atoms with Gasteiger partial charge in [-0.15, -0.1) is 0 Å². The molecule has 0 saturated carbocycles. The van der Waals surface area contributed by atoms with Crippen LogP contribution in [-0.2, 0) is 15.8 Å². The second-order valence-corrected chi connectivity index (χ2v) is 8.77. The minimum absolute atomic E-state index is 0.113. The van der Waals surface area contributed by atoms with Gasteiger partial charge in [-0.3, -0.25) is 4.72 Å². The summed E-state index contributed by atoms with van der Waals surface area (Å²) in [6, 6.07) is 18.0. The average molecular weight is 412 g/mol. The Morgan fingerprint density at radius 2 is 1.75 bits per heavy atom. The maximum atomic E-state index is 12.4. The molecule has 2 aromatic heterocycles. The molecule has 5 nitrogen and oxygen atoms in total. The molecule has 0 amide bonds. The van der Waals surface area contributed by atoms with Crippen molar-refractivity contribution in [2.75, 3.05) is 4.72 Å². The van der Waals surface area contributed by atoms with E-state index >= 15 is 0 Å². The van der Waals surface area contributed by atoms with E-state index in [2.05, 4.69) is 9.71 Å². The standard InChI is InChI=1S/C21H18ClN3O2S/c1-15-3-2-12-25-13-20(23-21(15)25)17-6-10-19(11-7-17)24-28(26,27)14-16-4-8-18(22)9-5-16/h2-13,24H,14H2,1H3. The number of anilines is 1. The molecule has 0 aliphatic heterocycles. The van der Waals surface area contributed by atoms with Crippen molar-refractivity contribution in [3.63, 3.8) is 0 Å². The number of pyridine rings is 1. The Hall–Kier alpha value is -2.83. The van der Waals surface area contributed by atoms with Crippen LogP contribution in [0.2, 0.25) is 5.02 Å². The number of aryl methyl sites for hydroxylation is 1. The summed E-state index contributed by atoms with van der Waals surface area (Å²) in [6.07, 6.45) is 3.92. The molecule has 0 atom stereocenters. The van der Waals surface area contributed by atoms with E-state index < -0.39 is 10.0 Å². The fraction of sp³-hybridized carbons (Fsp3) is 0.0952. The van der Waals surface area contributed by atoms with Crippen molar-refractivity contribution in [3.05, 3.63) is 89.2 Å². The smallest absolute Gasteiger partial charge is 0.236 e. The summed E-state index contributed by atoms with van der Waals surface area (Å²) in [7, 11) is -3.52. The SMILES string of the molecule is Cc1cccn2cc(-c3ccc(NS(=O)(=O)Cc4ccc(Cl)cc4)cc3)nc12. The van der Waals surface area contributed by atoms with Gasteiger partial charge >= 0.3 is 0 Å². The fourth-order valence-electron chi connectivity index (χ4n) is 3.02. The summed E-state index contributed by atoms with van der Waals surface area (Å²) < 4.78 is 29.4. The topological polar surface area (TPSA) is 63.5 Å². The van der Waals surface area contributed by atoms with Gasteiger partial charge in [0, 0.05) is 28.7 Å². The number of hydrogen-bond acceptors (Lipinski definition) is 3. The lowest BCUT2D eigenvalue weighted by molar-refractivity contribution is 0.600.